The minimum atomic E-state index is -3.64. The number of morpholine rings is 1. The van der Waals surface area contributed by atoms with Crippen molar-refractivity contribution in [1.82, 2.24) is 14.5 Å². The molecule has 0 radical (unpaired) electrons. The molecule has 0 unspecified atom stereocenters. The molecule has 40 heavy (non-hydrogen) atoms. The molecular formula is C29H32ClN3O6S. The summed E-state index contributed by atoms with van der Waals surface area (Å²) < 4.78 is 38.0. The number of carbonyl (C=O) groups excluding carboxylic acids is 2. The Bertz CT molecular complexity index is 1380. The van der Waals surface area contributed by atoms with Gasteiger partial charge in [-0.15, -0.1) is 0 Å². The van der Waals surface area contributed by atoms with Crippen molar-refractivity contribution in [3.05, 3.63) is 95.0 Å². The molecule has 1 heterocycles. The Morgan fingerprint density at radius 1 is 0.975 bits per heavy atom. The Morgan fingerprint density at radius 2 is 1.62 bits per heavy atom. The van der Waals surface area contributed by atoms with Gasteiger partial charge in [-0.1, -0.05) is 54.1 Å². The topological polar surface area (TPSA) is 105 Å². The SMILES string of the molecule is C[C@H](C(=O)NCc1ccc(Cl)cc1)N(Cc1ccccc1)C(=O)COc1ccc(S(=O)(=O)N2CCOCC2)cc1. The van der Waals surface area contributed by atoms with Gasteiger partial charge in [-0.3, -0.25) is 9.59 Å². The second-order valence-electron chi connectivity index (χ2n) is 9.30. The highest BCUT2D eigenvalue weighted by Gasteiger charge is 2.28. The van der Waals surface area contributed by atoms with Crippen molar-refractivity contribution in [1.29, 1.82) is 0 Å². The molecule has 1 N–H and O–H groups in total. The predicted octanol–water partition coefficient (Wildman–Crippen LogP) is 3.47. The van der Waals surface area contributed by atoms with Crippen molar-refractivity contribution >= 4 is 33.4 Å². The van der Waals surface area contributed by atoms with Crippen LogP contribution in [0, 0.1) is 0 Å². The van der Waals surface area contributed by atoms with Crippen LogP contribution in [-0.4, -0.2) is 68.4 Å². The first-order chi connectivity index (χ1) is 19.2. The van der Waals surface area contributed by atoms with Crippen molar-refractivity contribution in [3.63, 3.8) is 0 Å². The van der Waals surface area contributed by atoms with E-state index in [0.717, 1.165) is 11.1 Å². The lowest BCUT2D eigenvalue weighted by Crippen LogP contribution is -2.48. The Labute approximate surface area is 239 Å². The first-order valence-electron chi connectivity index (χ1n) is 12.9. The summed E-state index contributed by atoms with van der Waals surface area (Å²) in [5.41, 5.74) is 1.75. The minimum absolute atomic E-state index is 0.143. The highest BCUT2D eigenvalue weighted by molar-refractivity contribution is 7.89. The van der Waals surface area contributed by atoms with E-state index in [1.165, 1.54) is 33.5 Å². The summed E-state index contributed by atoms with van der Waals surface area (Å²) in [7, 11) is -3.64. The molecule has 11 heteroatoms. The van der Waals surface area contributed by atoms with Crippen LogP contribution in [0.25, 0.3) is 0 Å². The molecule has 2 amide bonds. The zero-order chi connectivity index (χ0) is 28.5. The van der Waals surface area contributed by atoms with Crippen molar-refractivity contribution in [2.75, 3.05) is 32.9 Å². The maximum absolute atomic E-state index is 13.3. The third kappa shape index (κ3) is 7.82. The first kappa shape index (κ1) is 29.5. The number of rotatable bonds is 11. The maximum atomic E-state index is 13.3. The monoisotopic (exact) mass is 585 g/mol. The molecular weight excluding hydrogens is 554 g/mol. The number of carbonyl (C=O) groups is 2. The van der Waals surface area contributed by atoms with Gasteiger partial charge in [0.05, 0.1) is 18.1 Å². The number of benzene rings is 3. The Morgan fingerprint density at radius 3 is 2.27 bits per heavy atom. The van der Waals surface area contributed by atoms with Gasteiger partial charge < -0.3 is 19.7 Å². The largest absolute Gasteiger partial charge is 0.484 e. The molecule has 1 fully saturated rings. The number of nitrogens with zero attached hydrogens (tertiary/aromatic N) is 2. The van der Waals surface area contributed by atoms with Crippen LogP contribution in [0.15, 0.2) is 83.8 Å². The molecule has 3 aromatic rings. The highest BCUT2D eigenvalue weighted by atomic mass is 35.5. The van der Waals surface area contributed by atoms with E-state index < -0.39 is 16.1 Å². The van der Waals surface area contributed by atoms with Gasteiger partial charge in [-0.05, 0) is 54.4 Å². The van der Waals surface area contributed by atoms with Crippen molar-refractivity contribution < 1.29 is 27.5 Å². The normalized spacial score (nSPS) is 14.8. The standard InChI is InChI=1S/C29H32ClN3O6S/c1-22(29(35)31-19-23-7-9-25(30)10-8-23)33(20-24-5-3-2-4-6-24)28(34)21-39-26-11-13-27(14-12-26)40(36,37)32-15-17-38-18-16-32/h2-14,22H,15-21H2,1H3,(H,31,35)/t22-/m1/s1. The summed E-state index contributed by atoms with van der Waals surface area (Å²) in [5, 5.41) is 3.48. The third-order valence-electron chi connectivity index (χ3n) is 6.54. The predicted molar refractivity (Wildman–Crippen MR) is 151 cm³/mol. The average molecular weight is 586 g/mol. The van der Waals surface area contributed by atoms with E-state index in [4.69, 9.17) is 21.1 Å². The van der Waals surface area contributed by atoms with Gasteiger partial charge in [0, 0.05) is 31.2 Å². The third-order valence-corrected chi connectivity index (χ3v) is 8.70. The fourth-order valence-corrected chi connectivity index (χ4v) is 5.71. The lowest BCUT2D eigenvalue weighted by molar-refractivity contribution is -0.142. The lowest BCUT2D eigenvalue weighted by Gasteiger charge is -2.29. The molecule has 1 atom stereocenters. The zero-order valence-electron chi connectivity index (χ0n) is 22.2. The molecule has 1 aliphatic rings. The second kappa shape index (κ2) is 13.8. The van der Waals surface area contributed by atoms with Crippen LogP contribution in [-0.2, 0) is 37.4 Å². The van der Waals surface area contributed by atoms with Gasteiger partial charge in [0.25, 0.3) is 5.91 Å². The van der Waals surface area contributed by atoms with Crippen LogP contribution < -0.4 is 10.1 Å². The summed E-state index contributed by atoms with van der Waals surface area (Å²) in [6.07, 6.45) is 0. The summed E-state index contributed by atoms with van der Waals surface area (Å²) in [5.74, 6) is -0.353. The van der Waals surface area contributed by atoms with E-state index in [-0.39, 0.29) is 29.9 Å². The van der Waals surface area contributed by atoms with Crippen molar-refractivity contribution in [2.45, 2.75) is 31.0 Å². The van der Waals surface area contributed by atoms with E-state index in [1.54, 1.807) is 19.1 Å². The Hall–Kier alpha value is -3.44. The number of sulfonamides is 1. The van der Waals surface area contributed by atoms with Crippen molar-refractivity contribution in [3.8, 4) is 5.75 Å². The first-order valence-corrected chi connectivity index (χ1v) is 14.7. The Balaban J connectivity index is 1.40. The van der Waals surface area contributed by atoms with Crippen LogP contribution in [0.5, 0.6) is 5.75 Å². The number of halogens is 1. The molecule has 3 aromatic carbocycles. The zero-order valence-corrected chi connectivity index (χ0v) is 23.7. The van der Waals surface area contributed by atoms with Gasteiger partial charge in [0.1, 0.15) is 11.8 Å². The number of nitrogens with one attached hydrogen (secondary N) is 1. The summed E-state index contributed by atoms with van der Waals surface area (Å²) in [6, 6.07) is 21.7. The van der Waals surface area contributed by atoms with Crippen LogP contribution in [0.1, 0.15) is 18.1 Å². The van der Waals surface area contributed by atoms with Crippen LogP contribution in [0.4, 0.5) is 0 Å². The molecule has 0 aromatic heterocycles. The molecule has 0 bridgehead atoms. The van der Waals surface area contributed by atoms with Gasteiger partial charge in [0.2, 0.25) is 15.9 Å². The van der Waals surface area contributed by atoms with Gasteiger partial charge >= 0.3 is 0 Å². The van der Waals surface area contributed by atoms with Gasteiger partial charge in [-0.2, -0.15) is 4.31 Å². The van der Waals surface area contributed by atoms with E-state index in [1.807, 2.05) is 42.5 Å². The lowest BCUT2D eigenvalue weighted by atomic mass is 10.1. The number of hydrogen-bond acceptors (Lipinski definition) is 6. The van der Waals surface area contributed by atoms with Gasteiger partial charge in [-0.25, -0.2) is 8.42 Å². The summed E-state index contributed by atoms with van der Waals surface area (Å²) in [4.78, 5) is 27.9. The van der Waals surface area contributed by atoms with Crippen LogP contribution >= 0.6 is 11.6 Å². The molecule has 9 nitrogen and oxygen atoms in total. The average Bonchev–Trinajstić information content (AvgIpc) is 2.99. The number of amides is 2. The second-order valence-corrected chi connectivity index (χ2v) is 11.7. The summed E-state index contributed by atoms with van der Waals surface area (Å²) in [6.45, 7) is 3.19. The number of hydrogen-bond donors (Lipinski definition) is 1. The van der Waals surface area contributed by atoms with Crippen molar-refractivity contribution in [2.24, 2.45) is 0 Å². The minimum Gasteiger partial charge on any atom is -0.484 e. The van der Waals surface area contributed by atoms with E-state index in [9.17, 15) is 18.0 Å². The molecule has 212 valence electrons. The van der Waals surface area contributed by atoms with E-state index >= 15 is 0 Å². The smallest absolute Gasteiger partial charge is 0.261 e. The molecule has 0 saturated carbocycles. The maximum Gasteiger partial charge on any atom is 0.261 e. The fourth-order valence-electron chi connectivity index (χ4n) is 4.17. The molecule has 0 spiro atoms. The molecule has 1 aliphatic heterocycles. The molecule has 1 saturated heterocycles. The highest BCUT2D eigenvalue weighted by Crippen LogP contribution is 2.21. The van der Waals surface area contributed by atoms with E-state index in [0.29, 0.717) is 43.6 Å². The van der Waals surface area contributed by atoms with Crippen LogP contribution in [0.3, 0.4) is 0 Å². The quantitative estimate of drug-likeness (QED) is 0.369. The number of ether oxygens (including phenoxy) is 2. The van der Waals surface area contributed by atoms with Gasteiger partial charge in [0.15, 0.2) is 6.61 Å². The van der Waals surface area contributed by atoms with E-state index in [2.05, 4.69) is 5.32 Å². The molecule has 4 rings (SSSR count). The Kier molecular flexibility index (Phi) is 10.2. The fraction of sp³-hybridized carbons (Fsp3) is 0.310. The van der Waals surface area contributed by atoms with Crippen LogP contribution in [0.2, 0.25) is 5.02 Å². The summed E-state index contributed by atoms with van der Waals surface area (Å²) >= 11 is 5.94. The molecule has 0 aliphatic carbocycles.